The molecule has 0 aromatic carbocycles. The number of carbonyl (C=O) groups excluding carboxylic acids is 1. The highest BCUT2D eigenvalue weighted by Crippen LogP contribution is 2.49. The van der Waals surface area contributed by atoms with Gasteiger partial charge in [-0.2, -0.15) is 0 Å². The SMILES string of the molecule is CNC1C(O)C(OC2C(NC(=O)C(O)CCN)CC(N)C(OC3O[C@H]4C(CNCCO)C4CC3N)C2O)OCC1(C)O. The molecule has 14 N–H and O–H groups in total. The summed E-state index contributed by atoms with van der Waals surface area (Å²) >= 11 is 0. The number of amides is 1. The Bertz CT molecular complexity index is 891. The van der Waals surface area contributed by atoms with Crippen LogP contribution in [0.4, 0.5) is 0 Å². The molecule has 2 aliphatic heterocycles. The van der Waals surface area contributed by atoms with Crippen LogP contribution in [0.25, 0.3) is 0 Å². The molecular weight excluding hydrogens is 556 g/mol. The minimum Gasteiger partial charge on any atom is -0.395 e. The predicted molar refractivity (Wildman–Crippen MR) is 147 cm³/mol. The highest BCUT2D eigenvalue weighted by atomic mass is 16.7. The minimum absolute atomic E-state index is 0.0311. The van der Waals surface area contributed by atoms with Crippen molar-refractivity contribution in [2.75, 3.05) is 39.9 Å². The third-order valence-corrected chi connectivity index (χ3v) is 8.92. The van der Waals surface area contributed by atoms with Gasteiger partial charge < -0.3 is 77.6 Å². The molecule has 14 unspecified atom stereocenters. The van der Waals surface area contributed by atoms with Gasteiger partial charge in [0, 0.05) is 25.0 Å². The van der Waals surface area contributed by atoms with E-state index in [0.717, 1.165) is 0 Å². The second-order valence-electron chi connectivity index (χ2n) is 12.2. The molecule has 0 bridgehead atoms. The van der Waals surface area contributed by atoms with E-state index in [1.807, 2.05) is 0 Å². The van der Waals surface area contributed by atoms with Crippen LogP contribution in [0.15, 0.2) is 0 Å². The number of aliphatic hydroxyl groups excluding tert-OH is 4. The van der Waals surface area contributed by atoms with E-state index < -0.39 is 78.8 Å². The number of likely N-dealkylation sites (N-methyl/N-ethyl adjacent to an activating group) is 1. The van der Waals surface area contributed by atoms with E-state index in [9.17, 15) is 25.2 Å². The van der Waals surface area contributed by atoms with Crippen LogP contribution in [0.2, 0.25) is 0 Å². The lowest BCUT2D eigenvalue weighted by Crippen LogP contribution is -2.69. The summed E-state index contributed by atoms with van der Waals surface area (Å²) in [5, 5.41) is 61.1. The van der Waals surface area contributed by atoms with Gasteiger partial charge in [-0.3, -0.25) is 4.79 Å². The summed E-state index contributed by atoms with van der Waals surface area (Å²) in [6.45, 7) is 2.64. The lowest BCUT2D eigenvalue weighted by molar-refractivity contribution is -0.306. The number of nitrogens with two attached hydrogens (primary N) is 3. The molecule has 2 saturated carbocycles. The van der Waals surface area contributed by atoms with Gasteiger partial charge in [0.2, 0.25) is 5.91 Å². The van der Waals surface area contributed by atoms with Gasteiger partial charge in [-0.25, -0.2) is 0 Å². The van der Waals surface area contributed by atoms with Crippen LogP contribution in [0.1, 0.15) is 26.2 Å². The summed E-state index contributed by atoms with van der Waals surface area (Å²) in [7, 11) is 1.58. The average Bonchev–Trinajstić information content (AvgIpc) is 3.60. The summed E-state index contributed by atoms with van der Waals surface area (Å²) in [5.41, 5.74) is 16.9. The Morgan fingerprint density at radius 3 is 2.50 bits per heavy atom. The first-order chi connectivity index (χ1) is 19.9. The van der Waals surface area contributed by atoms with Crippen LogP contribution >= 0.6 is 0 Å². The van der Waals surface area contributed by atoms with Crippen LogP contribution in [-0.2, 0) is 23.7 Å². The van der Waals surface area contributed by atoms with Crippen molar-refractivity contribution in [3.8, 4) is 0 Å². The standard InChI is InChI=1S/C26H50N6O10/c1-26(38)10-39-25(18(36)22(26)30-2)42-21-15(32-23(37)16(34)3-4-27)8-13(28)20(17(21)35)41-24-14(29)7-11-12(19(11)40-24)9-31-5-6-33/h11-22,24-25,30-31,33-36,38H,3-10,27-29H2,1-2H3,(H,32,37)/t11?,12?,13?,14?,15?,16?,17?,18?,19-,20?,21?,22?,24?,25?,26?/m1/s1. The molecule has 2 heterocycles. The van der Waals surface area contributed by atoms with Gasteiger partial charge in [-0.1, -0.05) is 0 Å². The van der Waals surface area contributed by atoms with E-state index in [2.05, 4.69) is 16.0 Å². The van der Waals surface area contributed by atoms with Crippen molar-refractivity contribution in [3.05, 3.63) is 0 Å². The third-order valence-electron chi connectivity index (χ3n) is 8.92. The maximum Gasteiger partial charge on any atom is 0.249 e. The number of rotatable bonds is 13. The van der Waals surface area contributed by atoms with Gasteiger partial charge in [0.1, 0.15) is 36.1 Å². The monoisotopic (exact) mass is 606 g/mol. The van der Waals surface area contributed by atoms with Gasteiger partial charge in [-0.05, 0) is 45.7 Å². The molecule has 1 amide bonds. The Morgan fingerprint density at radius 1 is 1.12 bits per heavy atom. The van der Waals surface area contributed by atoms with Crippen molar-refractivity contribution in [3.63, 3.8) is 0 Å². The molecule has 42 heavy (non-hydrogen) atoms. The van der Waals surface area contributed by atoms with Gasteiger partial charge >= 0.3 is 0 Å². The molecule has 0 radical (unpaired) electrons. The first kappa shape index (κ1) is 33.8. The fraction of sp³-hybridized carbons (Fsp3) is 0.962. The third kappa shape index (κ3) is 7.40. The number of nitrogens with one attached hydrogen (secondary N) is 3. The quantitative estimate of drug-likeness (QED) is 0.0872. The summed E-state index contributed by atoms with van der Waals surface area (Å²) < 4.78 is 24.1. The first-order valence-corrected chi connectivity index (χ1v) is 14.8. The van der Waals surface area contributed by atoms with E-state index in [1.54, 1.807) is 7.05 Å². The van der Waals surface area contributed by atoms with E-state index in [4.69, 9.17) is 41.3 Å². The minimum atomic E-state index is -1.42. The molecule has 16 nitrogen and oxygen atoms in total. The predicted octanol–water partition coefficient (Wildman–Crippen LogP) is -5.63. The van der Waals surface area contributed by atoms with Crippen molar-refractivity contribution in [1.82, 2.24) is 16.0 Å². The lowest BCUT2D eigenvalue weighted by Gasteiger charge is -2.49. The fourth-order valence-electron chi connectivity index (χ4n) is 6.53. The Labute approximate surface area is 245 Å². The van der Waals surface area contributed by atoms with Crippen LogP contribution in [-0.4, -0.2) is 150 Å². The molecule has 16 heteroatoms. The van der Waals surface area contributed by atoms with Gasteiger partial charge in [0.15, 0.2) is 12.6 Å². The van der Waals surface area contributed by atoms with Crippen LogP contribution in [0, 0.1) is 11.8 Å². The zero-order valence-electron chi connectivity index (χ0n) is 24.2. The summed E-state index contributed by atoms with van der Waals surface area (Å²) in [5.74, 6) is -0.204. The van der Waals surface area contributed by atoms with Gasteiger partial charge in [0.05, 0.1) is 37.4 Å². The van der Waals surface area contributed by atoms with Crippen molar-refractivity contribution >= 4 is 5.91 Å². The molecule has 0 aromatic rings. The Hall–Kier alpha value is -1.09. The second kappa shape index (κ2) is 14.3. The fourth-order valence-corrected chi connectivity index (χ4v) is 6.53. The highest BCUT2D eigenvalue weighted by molar-refractivity contribution is 5.80. The average molecular weight is 607 g/mol. The Morgan fingerprint density at radius 2 is 1.83 bits per heavy atom. The topological polar surface area (TPSA) is 269 Å². The van der Waals surface area contributed by atoms with E-state index in [0.29, 0.717) is 19.5 Å². The number of ether oxygens (including phenoxy) is 4. The number of fused-ring (bicyclic) bond motifs is 1. The lowest BCUT2D eigenvalue weighted by atomic mass is 9.83. The highest BCUT2D eigenvalue weighted by Gasteiger charge is 2.58. The summed E-state index contributed by atoms with van der Waals surface area (Å²) in [6.07, 6.45) is -7.76. The Kier molecular flexibility index (Phi) is 11.5. The van der Waals surface area contributed by atoms with E-state index in [-0.39, 0.29) is 50.5 Å². The Balaban J connectivity index is 1.47. The first-order valence-electron chi connectivity index (χ1n) is 14.8. The van der Waals surface area contributed by atoms with Crippen molar-refractivity contribution < 1.29 is 49.3 Å². The van der Waals surface area contributed by atoms with Crippen LogP contribution < -0.4 is 33.2 Å². The molecule has 0 spiro atoms. The molecule has 4 rings (SSSR count). The normalized spacial score (nSPS) is 46.1. The molecule has 15 atom stereocenters. The van der Waals surface area contributed by atoms with Crippen LogP contribution in [0.3, 0.4) is 0 Å². The smallest absolute Gasteiger partial charge is 0.249 e. The largest absolute Gasteiger partial charge is 0.395 e. The second-order valence-corrected chi connectivity index (χ2v) is 12.2. The maximum absolute atomic E-state index is 12.7. The summed E-state index contributed by atoms with van der Waals surface area (Å²) in [6, 6.07) is -2.96. The van der Waals surface area contributed by atoms with E-state index in [1.165, 1.54) is 6.92 Å². The zero-order chi connectivity index (χ0) is 30.8. The van der Waals surface area contributed by atoms with Crippen molar-refractivity contribution in [2.24, 2.45) is 29.0 Å². The molecule has 244 valence electrons. The summed E-state index contributed by atoms with van der Waals surface area (Å²) in [4.78, 5) is 12.7. The number of carbonyl (C=O) groups is 1. The zero-order valence-corrected chi connectivity index (χ0v) is 24.2. The maximum atomic E-state index is 12.7. The van der Waals surface area contributed by atoms with Gasteiger partial charge in [-0.15, -0.1) is 0 Å². The number of hydrogen-bond donors (Lipinski definition) is 11. The number of aliphatic hydroxyl groups is 5. The molecule has 4 fully saturated rings. The molecule has 4 aliphatic rings. The van der Waals surface area contributed by atoms with Crippen LogP contribution in [0.5, 0.6) is 0 Å². The number of hydrogen-bond acceptors (Lipinski definition) is 15. The molecule has 2 aliphatic carbocycles. The van der Waals surface area contributed by atoms with Crippen molar-refractivity contribution in [2.45, 2.75) is 105 Å². The molecule has 0 aromatic heterocycles. The van der Waals surface area contributed by atoms with Gasteiger partial charge in [0.25, 0.3) is 0 Å². The molecule has 2 saturated heterocycles. The molecular formula is C26H50N6O10. The van der Waals surface area contributed by atoms with Crippen molar-refractivity contribution in [1.29, 1.82) is 0 Å². The van der Waals surface area contributed by atoms with E-state index >= 15 is 0 Å².